The highest BCUT2D eigenvalue weighted by Crippen LogP contribution is 2.19. The van der Waals surface area contributed by atoms with E-state index in [0.717, 1.165) is 18.2 Å². The molecule has 1 atom stereocenters. The SMILES string of the molecule is O=C(O)c1ccc(F)c(S(=O)Cc2cccc(Cl)c2)c1. The number of benzene rings is 2. The van der Waals surface area contributed by atoms with Crippen LogP contribution in [0.15, 0.2) is 47.4 Å². The molecule has 0 saturated heterocycles. The van der Waals surface area contributed by atoms with Crippen LogP contribution in [-0.4, -0.2) is 15.3 Å². The molecule has 2 aromatic carbocycles. The molecule has 1 N–H and O–H groups in total. The summed E-state index contributed by atoms with van der Waals surface area (Å²) in [7, 11) is -1.68. The lowest BCUT2D eigenvalue weighted by Gasteiger charge is -2.06. The number of hydrogen-bond donors (Lipinski definition) is 1. The third-order valence-electron chi connectivity index (χ3n) is 2.61. The van der Waals surface area contributed by atoms with Gasteiger partial charge in [0.05, 0.1) is 27.0 Å². The standard InChI is InChI=1S/C14H10ClFO3S/c15-11-3-1-2-9(6-11)8-20(19)13-7-10(14(17)18)4-5-12(13)16/h1-7H,8H2,(H,17,18). The second kappa shape index (κ2) is 6.15. The average molecular weight is 313 g/mol. The van der Waals surface area contributed by atoms with Crippen molar-refractivity contribution in [3.05, 3.63) is 64.4 Å². The Bertz CT molecular complexity index is 688. The van der Waals surface area contributed by atoms with Gasteiger partial charge in [-0.15, -0.1) is 0 Å². The maximum Gasteiger partial charge on any atom is 0.335 e. The number of hydrogen-bond acceptors (Lipinski definition) is 2. The van der Waals surface area contributed by atoms with Gasteiger partial charge < -0.3 is 5.11 Å². The molecule has 2 aromatic rings. The van der Waals surface area contributed by atoms with Crippen LogP contribution in [0.25, 0.3) is 0 Å². The average Bonchev–Trinajstić information content (AvgIpc) is 2.38. The maximum atomic E-state index is 13.7. The summed E-state index contributed by atoms with van der Waals surface area (Å²) in [6.07, 6.45) is 0. The lowest BCUT2D eigenvalue weighted by atomic mass is 10.2. The molecule has 0 aromatic heterocycles. The minimum atomic E-state index is -1.68. The van der Waals surface area contributed by atoms with Gasteiger partial charge in [0.25, 0.3) is 0 Å². The van der Waals surface area contributed by atoms with Crippen LogP contribution >= 0.6 is 11.6 Å². The first kappa shape index (κ1) is 14.7. The molecule has 0 bridgehead atoms. The van der Waals surface area contributed by atoms with Crippen molar-refractivity contribution >= 4 is 28.4 Å². The normalized spacial score (nSPS) is 12.1. The molecule has 1 unspecified atom stereocenters. The zero-order valence-electron chi connectivity index (χ0n) is 10.2. The minimum Gasteiger partial charge on any atom is -0.478 e. The van der Waals surface area contributed by atoms with Gasteiger partial charge in [-0.3, -0.25) is 4.21 Å². The van der Waals surface area contributed by atoms with Crippen molar-refractivity contribution in [1.29, 1.82) is 0 Å². The summed E-state index contributed by atoms with van der Waals surface area (Å²) in [5.74, 6) is -1.80. The van der Waals surface area contributed by atoms with E-state index in [1.807, 2.05) is 0 Å². The third kappa shape index (κ3) is 3.43. The van der Waals surface area contributed by atoms with Gasteiger partial charge in [0, 0.05) is 5.02 Å². The van der Waals surface area contributed by atoms with E-state index in [9.17, 15) is 13.4 Å². The van der Waals surface area contributed by atoms with Gasteiger partial charge >= 0.3 is 5.97 Å². The van der Waals surface area contributed by atoms with E-state index in [-0.39, 0.29) is 16.2 Å². The molecule has 6 heteroatoms. The molecule has 0 heterocycles. The molecular weight excluding hydrogens is 303 g/mol. The largest absolute Gasteiger partial charge is 0.478 e. The van der Waals surface area contributed by atoms with Crippen LogP contribution < -0.4 is 0 Å². The number of rotatable bonds is 4. The molecule has 0 spiro atoms. The van der Waals surface area contributed by atoms with E-state index >= 15 is 0 Å². The monoisotopic (exact) mass is 312 g/mol. The summed E-state index contributed by atoms with van der Waals surface area (Å²) in [6, 6.07) is 9.99. The fourth-order valence-corrected chi connectivity index (χ4v) is 3.06. The quantitative estimate of drug-likeness (QED) is 0.940. The minimum absolute atomic E-state index is 0.0700. The Labute approximate surface area is 122 Å². The van der Waals surface area contributed by atoms with Crippen LogP contribution in [0.3, 0.4) is 0 Å². The Morgan fingerprint density at radius 1 is 1.25 bits per heavy atom. The zero-order chi connectivity index (χ0) is 14.7. The number of aromatic carboxylic acids is 1. The summed E-state index contributed by atoms with van der Waals surface area (Å²) in [5, 5.41) is 9.37. The lowest BCUT2D eigenvalue weighted by molar-refractivity contribution is 0.0696. The van der Waals surface area contributed by atoms with Crippen LogP contribution in [0.4, 0.5) is 4.39 Å². The smallest absolute Gasteiger partial charge is 0.335 e. The van der Waals surface area contributed by atoms with Crippen molar-refractivity contribution in [1.82, 2.24) is 0 Å². The topological polar surface area (TPSA) is 54.4 Å². The fourth-order valence-electron chi connectivity index (χ4n) is 1.67. The van der Waals surface area contributed by atoms with Gasteiger partial charge in [0.1, 0.15) is 5.82 Å². The van der Waals surface area contributed by atoms with Gasteiger partial charge in [0.15, 0.2) is 0 Å². The second-order valence-electron chi connectivity index (χ2n) is 4.07. The highest BCUT2D eigenvalue weighted by Gasteiger charge is 2.14. The molecule has 20 heavy (non-hydrogen) atoms. The lowest BCUT2D eigenvalue weighted by Crippen LogP contribution is -2.03. The molecule has 0 aliphatic rings. The first-order chi connectivity index (χ1) is 9.47. The summed E-state index contributed by atoms with van der Waals surface area (Å²) >= 11 is 5.82. The van der Waals surface area contributed by atoms with E-state index in [1.165, 1.54) is 0 Å². The van der Waals surface area contributed by atoms with E-state index < -0.39 is 22.6 Å². The zero-order valence-corrected chi connectivity index (χ0v) is 11.7. The fraction of sp³-hybridized carbons (Fsp3) is 0.0714. The van der Waals surface area contributed by atoms with E-state index in [0.29, 0.717) is 10.6 Å². The highest BCUT2D eigenvalue weighted by atomic mass is 35.5. The summed E-state index contributed by atoms with van der Waals surface area (Å²) in [6.45, 7) is 0. The molecule has 0 aliphatic carbocycles. The maximum absolute atomic E-state index is 13.7. The Balaban J connectivity index is 2.29. The third-order valence-corrected chi connectivity index (χ3v) is 4.24. The van der Waals surface area contributed by atoms with Crippen molar-refractivity contribution in [2.75, 3.05) is 0 Å². The molecule has 0 amide bonds. The van der Waals surface area contributed by atoms with Gasteiger partial charge in [-0.2, -0.15) is 0 Å². The van der Waals surface area contributed by atoms with E-state index in [4.69, 9.17) is 16.7 Å². The van der Waals surface area contributed by atoms with Crippen molar-refractivity contribution in [2.24, 2.45) is 0 Å². The van der Waals surface area contributed by atoms with Crippen molar-refractivity contribution in [2.45, 2.75) is 10.6 Å². The van der Waals surface area contributed by atoms with Gasteiger partial charge in [0.2, 0.25) is 0 Å². The molecule has 0 radical (unpaired) electrons. The molecule has 0 aliphatic heterocycles. The van der Waals surface area contributed by atoms with Crippen LogP contribution in [0, 0.1) is 5.82 Å². The van der Waals surface area contributed by atoms with Gasteiger partial charge in [-0.05, 0) is 35.9 Å². The predicted molar refractivity (Wildman–Crippen MR) is 74.9 cm³/mol. The van der Waals surface area contributed by atoms with Crippen LogP contribution in [-0.2, 0) is 16.6 Å². The summed E-state index contributed by atoms with van der Waals surface area (Å²) in [4.78, 5) is 10.7. The Hall–Kier alpha value is -1.72. The number of carbonyl (C=O) groups is 1. The Morgan fingerprint density at radius 3 is 2.65 bits per heavy atom. The molecule has 0 saturated carbocycles. The van der Waals surface area contributed by atoms with Crippen LogP contribution in [0.5, 0.6) is 0 Å². The Morgan fingerprint density at radius 2 is 2.00 bits per heavy atom. The van der Waals surface area contributed by atoms with Crippen molar-refractivity contribution in [3.8, 4) is 0 Å². The molecule has 3 nitrogen and oxygen atoms in total. The number of carboxylic acid groups (broad SMARTS) is 1. The predicted octanol–water partition coefficient (Wildman–Crippen LogP) is 3.49. The van der Waals surface area contributed by atoms with Crippen molar-refractivity contribution < 1.29 is 18.5 Å². The first-order valence-corrected chi connectivity index (χ1v) is 7.33. The van der Waals surface area contributed by atoms with Gasteiger partial charge in [-0.1, -0.05) is 23.7 Å². The molecule has 104 valence electrons. The number of halogens is 2. The van der Waals surface area contributed by atoms with Crippen LogP contribution in [0.2, 0.25) is 5.02 Å². The summed E-state index contributed by atoms with van der Waals surface area (Å²) < 4.78 is 25.8. The number of carboxylic acids is 1. The molecule has 0 fully saturated rings. The van der Waals surface area contributed by atoms with Gasteiger partial charge in [-0.25, -0.2) is 9.18 Å². The van der Waals surface area contributed by atoms with Crippen molar-refractivity contribution in [3.63, 3.8) is 0 Å². The highest BCUT2D eigenvalue weighted by molar-refractivity contribution is 7.84. The molecular formula is C14H10ClFO3S. The Kier molecular flexibility index (Phi) is 4.52. The first-order valence-electron chi connectivity index (χ1n) is 5.63. The second-order valence-corrected chi connectivity index (χ2v) is 5.93. The van der Waals surface area contributed by atoms with Crippen LogP contribution in [0.1, 0.15) is 15.9 Å². The van der Waals surface area contributed by atoms with E-state index in [1.54, 1.807) is 24.3 Å². The van der Waals surface area contributed by atoms with E-state index in [2.05, 4.69) is 0 Å². The molecule has 2 rings (SSSR count). The summed E-state index contributed by atoms with van der Waals surface area (Å²) in [5.41, 5.74) is 0.594.